The van der Waals surface area contributed by atoms with Crippen LogP contribution in [0.2, 0.25) is 5.02 Å². The smallest absolute Gasteiger partial charge is 0.225 e. The van der Waals surface area contributed by atoms with E-state index in [1.807, 2.05) is 29.6 Å². The van der Waals surface area contributed by atoms with Crippen LogP contribution in [0.1, 0.15) is 29.8 Å². The molecule has 1 atom stereocenters. The van der Waals surface area contributed by atoms with Gasteiger partial charge in [-0.15, -0.1) is 11.3 Å². The first-order chi connectivity index (χ1) is 11.0. The molecule has 0 aliphatic heterocycles. The number of nitrogens with one attached hydrogen (secondary N) is 1. The molecule has 2 rings (SSSR count). The summed E-state index contributed by atoms with van der Waals surface area (Å²) in [5, 5.41) is 5.44. The van der Waals surface area contributed by atoms with E-state index in [9.17, 15) is 9.59 Å². The second kappa shape index (κ2) is 8.13. The molecule has 2 amide bonds. The fraction of sp³-hybridized carbons (Fsp3) is 0.294. The van der Waals surface area contributed by atoms with Crippen molar-refractivity contribution in [2.45, 2.75) is 25.9 Å². The van der Waals surface area contributed by atoms with E-state index in [4.69, 9.17) is 11.6 Å². The molecular weight excluding hydrogens is 332 g/mol. The number of hydrogen-bond acceptors (Lipinski definition) is 3. The van der Waals surface area contributed by atoms with Gasteiger partial charge in [0, 0.05) is 23.9 Å². The van der Waals surface area contributed by atoms with Gasteiger partial charge in [0.25, 0.3) is 0 Å². The van der Waals surface area contributed by atoms with Crippen molar-refractivity contribution in [3.05, 3.63) is 57.2 Å². The summed E-state index contributed by atoms with van der Waals surface area (Å²) in [7, 11) is 1.77. The molecule has 4 nitrogen and oxygen atoms in total. The van der Waals surface area contributed by atoms with Gasteiger partial charge < -0.3 is 10.2 Å². The van der Waals surface area contributed by atoms with Gasteiger partial charge in [-0.05, 0) is 29.1 Å². The number of halogens is 1. The summed E-state index contributed by atoms with van der Waals surface area (Å²) < 4.78 is 0. The summed E-state index contributed by atoms with van der Waals surface area (Å²) in [5.74, 6) is -0.189. The van der Waals surface area contributed by atoms with Gasteiger partial charge in [-0.1, -0.05) is 29.8 Å². The lowest BCUT2D eigenvalue weighted by Crippen LogP contribution is -2.33. The minimum absolute atomic E-state index is 0.0212. The minimum atomic E-state index is -0.358. The number of carbonyl (C=O) groups excluding carboxylic acids is 2. The fourth-order valence-electron chi connectivity index (χ4n) is 2.25. The zero-order valence-electron chi connectivity index (χ0n) is 13.1. The summed E-state index contributed by atoms with van der Waals surface area (Å²) in [6, 6.07) is 10.8. The van der Waals surface area contributed by atoms with Crippen molar-refractivity contribution < 1.29 is 9.59 Å². The highest BCUT2D eigenvalue weighted by Crippen LogP contribution is 2.21. The van der Waals surface area contributed by atoms with Crippen molar-refractivity contribution in [2.75, 3.05) is 7.05 Å². The van der Waals surface area contributed by atoms with E-state index >= 15 is 0 Å². The third-order valence-corrected chi connectivity index (χ3v) is 4.54. The van der Waals surface area contributed by atoms with Crippen LogP contribution in [0, 0.1) is 0 Å². The molecular formula is C17H19ClN2O2S. The molecule has 1 aromatic heterocycles. The Morgan fingerprint density at radius 3 is 2.52 bits per heavy atom. The summed E-state index contributed by atoms with van der Waals surface area (Å²) in [6.07, 6.45) is 0.211. The number of benzene rings is 1. The third-order valence-electron chi connectivity index (χ3n) is 3.43. The summed E-state index contributed by atoms with van der Waals surface area (Å²) >= 11 is 7.51. The quantitative estimate of drug-likeness (QED) is 0.864. The lowest BCUT2D eigenvalue weighted by atomic mass is 10.0. The van der Waals surface area contributed by atoms with Crippen molar-refractivity contribution in [1.29, 1.82) is 0 Å². The first-order valence-electron chi connectivity index (χ1n) is 7.24. The van der Waals surface area contributed by atoms with E-state index in [0.29, 0.717) is 11.6 Å². The Bertz CT molecular complexity index is 656. The van der Waals surface area contributed by atoms with Gasteiger partial charge in [0.05, 0.1) is 19.0 Å². The SMILES string of the molecule is CC(=O)N[C@@H](CC(=O)N(C)Cc1cccs1)c1ccc(Cl)cc1. The molecule has 0 aliphatic carbocycles. The van der Waals surface area contributed by atoms with Gasteiger partial charge in [0.2, 0.25) is 11.8 Å². The minimum Gasteiger partial charge on any atom is -0.349 e. The van der Waals surface area contributed by atoms with Crippen molar-refractivity contribution >= 4 is 34.8 Å². The van der Waals surface area contributed by atoms with E-state index in [1.54, 1.807) is 35.4 Å². The van der Waals surface area contributed by atoms with Gasteiger partial charge in [0.15, 0.2) is 0 Å². The Labute approximate surface area is 145 Å². The molecule has 6 heteroatoms. The number of hydrogen-bond donors (Lipinski definition) is 1. The van der Waals surface area contributed by atoms with Gasteiger partial charge in [-0.2, -0.15) is 0 Å². The average molecular weight is 351 g/mol. The van der Waals surface area contributed by atoms with Gasteiger partial charge in [0.1, 0.15) is 0 Å². The lowest BCUT2D eigenvalue weighted by Gasteiger charge is -2.22. The maximum absolute atomic E-state index is 12.5. The normalized spacial score (nSPS) is 11.8. The number of nitrogens with zero attached hydrogens (tertiary/aromatic N) is 1. The maximum Gasteiger partial charge on any atom is 0.225 e. The molecule has 23 heavy (non-hydrogen) atoms. The van der Waals surface area contributed by atoms with Crippen LogP contribution >= 0.6 is 22.9 Å². The summed E-state index contributed by atoms with van der Waals surface area (Å²) in [4.78, 5) is 26.7. The van der Waals surface area contributed by atoms with Crippen LogP contribution in [-0.2, 0) is 16.1 Å². The molecule has 122 valence electrons. The first kappa shape index (κ1) is 17.5. The molecule has 1 heterocycles. The Morgan fingerprint density at radius 2 is 1.96 bits per heavy atom. The largest absolute Gasteiger partial charge is 0.349 e. The summed E-state index contributed by atoms with van der Waals surface area (Å²) in [5.41, 5.74) is 0.863. The van der Waals surface area contributed by atoms with E-state index in [1.165, 1.54) is 6.92 Å². The standard InChI is InChI=1S/C17H19ClN2O2S/c1-12(21)19-16(13-5-7-14(18)8-6-13)10-17(22)20(2)11-15-4-3-9-23-15/h3-9,16H,10-11H2,1-2H3,(H,19,21)/t16-/m0/s1. The molecule has 0 fully saturated rings. The number of carbonyl (C=O) groups is 2. The van der Waals surface area contributed by atoms with Crippen molar-refractivity contribution in [1.82, 2.24) is 10.2 Å². The Balaban J connectivity index is 2.05. The topological polar surface area (TPSA) is 49.4 Å². The van der Waals surface area contributed by atoms with Crippen LogP contribution in [0.4, 0.5) is 0 Å². The first-order valence-corrected chi connectivity index (χ1v) is 8.50. The van der Waals surface area contributed by atoms with Crippen molar-refractivity contribution in [3.63, 3.8) is 0 Å². The molecule has 0 saturated heterocycles. The number of rotatable bonds is 6. The molecule has 0 bridgehead atoms. The second-order valence-corrected chi connectivity index (χ2v) is 6.81. The zero-order chi connectivity index (χ0) is 16.8. The second-order valence-electron chi connectivity index (χ2n) is 5.34. The van der Waals surface area contributed by atoms with E-state index in [-0.39, 0.29) is 24.3 Å². The molecule has 0 unspecified atom stereocenters. The monoisotopic (exact) mass is 350 g/mol. The highest BCUT2D eigenvalue weighted by Gasteiger charge is 2.19. The number of amides is 2. The van der Waals surface area contributed by atoms with Gasteiger partial charge in [-0.25, -0.2) is 0 Å². The maximum atomic E-state index is 12.5. The molecule has 1 aromatic carbocycles. The zero-order valence-corrected chi connectivity index (χ0v) is 14.7. The number of thiophene rings is 1. The molecule has 0 saturated carbocycles. The summed E-state index contributed by atoms with van der Waals surface area (Å²) in [6.45, 7) is 2.02. The van der Waals surface area contributed by atoms with Gasteiger partial charge in [-0.3, -0.25) is 9.59 Å². The molecule has 0 aliphatic rings. The predicted octanol–water partition coefficient (Wildman–Crippen LogP) is 3.63. The van der Waals surface area contributed by atoms with Crippen LogP contribution in [-0.4, -0.2) is 23.8 Å². The van der Waals surface area contributed by atoms with Crippen LogP contribution in [0.25, 0.3) is 0 Å². The fourth-order valence-corrected chi connectivity index (χ4v) is 3.13. The van der Waals surface area contributed by atoms with E-state index in [0.717, 1.165) is 10.4 Å². The van der Waals surface area contributed by atoms with Crippen LogP contribution in [0.5, 0.6) is 0 Å². The molecule has 2 aromatic rings. The highest BCUT2D eigenvalue weighted by atomic mass is 35.5. The molecule has 0 radical (unpaired) electrons. The van der Waals surface area contributed by atoms with Crippen molar-refractivity contribution in [3.8, 4) is 0 Å². The Kier molecular flexibility index (Phi) is 6.19. The van der Waals surface area contributed by atoms with Gasteiger partial charge >= 0.3 is 0 Å². The lowest BCUT2D eigenvalue weighted by molar-refractivity contribution is -0.131. The molecule has 0 spiro atoms. The van der Waals surface area contributed by atoms with E-state index in [2.05, 4.69) is 5.32 Å². The third kappa shape index (κ3) is 5.37. The van der Waals surface area contributed by atoms with Crippen LogP contribution < -0.4 is 5.32 Å². The average Bonchev–Trinajstić information content (AvgIpc) is 2.99. The Hall–Kier alpha value is -1.85. The van der Waals surface area contributed by atoms with Crippen molar-refractivity contribution in [2.24, 2.45) is 0 Å². The predicted molar refractivity (Wildman–Crippen MR) is 93.4 cm³/mol. The molecule has 1 N–H and O–H groups in total. The van der Waals surface area contributed by atoms with Crippen LogP contribution in [0.3, 0.4) is 0 Å². The van der Waals surface area contributed by atoms with E-state index < -0.39 is 0 Å². The highest BCUT2D eigenvalue weighted by molar-refractivity contribution is 7.09. The Morgan fingerprint density at radius 1 is 1.26 bits per heavy atom. The van der Waals surface area contributed by atoms with Crippen LogP contribution in [0.15, 0.2) is 41.8 Å².